The van der Waals surface area contributed by atoms with Crippen LogP contribution in [0.2, 0.25) is 0 Å². The van der Waals surface area contributed by atoms with Gasteiger partial charge in [0.05, 0.1) is 11.0 Å². The minimum absolute atomic E-state index is 0.258. The fraction of sp³-hybridized carbons (Fsp3) is 0.562. The van der Waals surface area contributed by atoms with Crippen LogP contribution in [0.3, 0.4) is 0 Å². The van der Waals surface area contributed by atoms with E-state index in [0.29, 0.717) is 5.92 Å². The molecule has 0 radical (unpaired) electrons. The monoisotopic (exact) mass is 258 g/mol. The zero-order chi connectivity index (χ0) is 13.1. The van der Waals surface area contributed by atoms with Gasteiger partial charge in [0.1, 0.15) is 5.82 Å². The number of aromatic nitrogens is 2. The van der Waals surface area contributed by atoms with Crippen LogP contribution in [-0.4, -0.2) is 21.7 Å². The summed E-state index contributed by atoms with van der Waals surface area (Å²) in [5.41, 5.74) is 3.50. The quantitative estimate of drug-likeness (QED) is 0.881. The summed E-state index contributed by atoms with van der Waals surface area (Å²) in [7, 11) is 0. The minimum Gasteiger partial charge on any atom is -0.396 e. The molecule has 2 N–H and O–H groups in total. The van der Waals surface area contributed by atoms with E-state index in [0.717, 1.165) is 23.9 Å². The lowest BCUT2D eigenvalue weighted by Crippen LogP contribution is -2.05. The third-order valence-corrected chi connectivity index (χ3v) is 4.18. The van der Waals surface area contributed by atoms with Crippen LogP contribution < -0.4 is 0 Å². The molecule has 0 bridgehead atoms. The maximum absolute atomic E-state index is 8.89. The van der Waals surface area contributed by atoms with Crippen molar-refractivity contribution in [3.63, 3.8) is 0 Å². The lowest BCUT2D eigenvalue weighted by atomic mass is 9.89. The van der Waals surface area contributed by atoms with Crippen LogP contribution in [0.25, 0.3) is 11.0 Å². The summed E-state index contributed by atoms with van der Waals surface area (Å²) in [5.74, 6) is 1.80. The van der Waals surface area contributed by atoms with Crippen molar-refractivity contribution in [1.82, 2.24) is 9.97 Å². The molecule has 1 aliphatic rings. The Balaban J connectivity index is 1.83. The first-order valence-corrected chi connectivity index (χ1v) is 7.46. The molecule has 102 valence electrons. The fourth-order valence-corrected chi connectivity index (χ4v) is 3.08. The topological polar surface area (TPSA) is 48.9 Å². The molecule has 2 aromatic rings. The normalized spacial score (nSPS) is 17.1. The molecule has 0 atom stereocenters. The van der Waals surface area contributed by atoms with Gasteiger partial charge in [-0.05, 0) is 43.4 Å². The molecule has 0 amide bonds. The molecule has 0 aliphatic heterocycles. The van der Waals surface area contributed by atoms with Crippen molar-refractivity contribution in [1.29, 1.82) is 0 Å². The van der Waals surface area contributed by atoms with Gasteiger partial charge < -0.3 is 10.1 Å². The summed E-state index contributed by atoms with van der Waals surface area (Å²) in [4.78, 5) is 8.26. The van der Waals surface area contributed by atoms with Gasteiger partial charge in [-0.2, -0.15) is 0 Å². The van der Waals surface area contributed by atoms with Gasteiger partial charge in [-0.3, -0.25) is 0 Å². The predicted octanol–water partition coefficient (Wildman–Crippen LogP) is 3.54. The number of aromatic amines is 1. The SMILES string of the molecule is OCCCc1ccc2nc(C3CCCCC3)[nH]c2c1. The van der Waals surface area contributed by atoms with Crippen molar-refractivity contribution < 1.29 is 5.11 Å². The Kier molecular flexibility index (Phi) is 3.83. The summed E-state index contributed by atoms with van der Waals surface area (Å²) in [6, 6.07) is 6.42. The molecule has 0 spiro atoms. The van der Waals surface area contributed by atoms with E-state index in [9.17, 15) is 0 Å². The van der Waals surface area contributed by atoms with E-state index < -0.39 is 0 Å². The molecule has 1 fully saturated rings. The van der Waals surface area contributed by atoms with Crippen LogP contribution in [0.15, 0.2) is 18.2 Å². The molecular formula is C16H22N2O. The van der Waals surface area contributed by atoms with Crippen LogP contribution in [-0.2, 0) is 6.42 Å². The summed E-state index contributed by atoms with van der Waals surface area (Å²) in [6.07, 6.45) is 8.36. The third-order valence-electron chi connectivity index (χ3n) is 4.18. The number of aliphatic hydroxyl groups excluding tert-OH is 1. The highest BCUT2D eigenvalue weighted by Crippen LogP contribution is 2.32. The molecule has 1 heterocycles. The Morgan fingerprint density at radius 3 is 2.84 bits per heavy atom. The van der Waals surface area contributed by atoms with Crippen LogP contribution in [0, 0.1) is 0 Å². The first-order valence-electron chi connectivity index (χ1n) is 7.46. The van der Waals surface area contributed by atoms with E-state index in [1.54, 1.807) is 0 Å². The van der Waals surface area contributed by atoms with Gasteiger partial charge in [0.15, 0.2) is 0 Å². The average molecular weight is 258 g/mol. The Hall–Kier alpha value is -1.35. The van der Waals surface area contributed by atoms with Gasteiger partial charge >= 0.3 is 0 Å². The second-order valence-corrected chi connectivity index (χ2v) is 5.64. The van der Waals surface area contributed by atoms with Crippen LogP contribution in [0.1, 0.15) is 55.8 Å². The molecule has 1 aliphatic carbocycles. The third kappa shape index (κ3) is 2.81. The lowest BCUT2D eigenvalue weighted by Gasteiger charge is -2.18. The van der Waals surface area contributed by atoms with Crippen LogP contribution >= 0.6 is 0 Å². The maximum atomic E-state index is 8.89. The van der Waals surface area contributed by atoms with Gasteiger partial charge in [-0.1, -0.05) is 25.3 Å². The molecule has 19 heavy (non-hydrogen) atoms. The smallest absolute Gasteiger partial charge is 0.110 e. The number of hydrogen-bond acceptors (Lipinski definition) is 2. The number of aryl methyl sites for hydroxylation is 1. The fourth-order valence-electron chi connectivity index (χ4n) is 3.08. The van der Waals surface area contributed by atoms with Crippen molar-refractivity contribution in [3.05, 3.63) is 29.6 Å². The number of benzene rings is 1. The summed E-state index contributed by atoms with van der Waals surface area (Å²) < 4.78 is 0. The second-order valence-electron chi connectivity index (χ2n) is 5.64. The molecule has 0 unspecified atom stereocenters. The number of nitrogens with one attached hydrogen (secondary N) is 1. The number of H-pyrrole nitrogens is 1. The Morgan fingerprint density at radius 1 is 1.21 bits per heavy atom. The molecule has 3 nitrogen and oxygen atoms in total. The van der Waals surface area contributed by atoms with E-state index >= 15 is 0 Å². The number of imidazole rings is 1. The highest BCUT2D eigenvalue weighted by Gasteiger charge is 2.18. The van der Waals surface area contributed by atoms with Gasteiger partial charge in [-0.15, -0.1) is 0 Å². The zero-order valence-corrected chi connectivity index (χ0v) is 11.4. The van der Waals surface area contributed by atoms with E-state index in [2.05, 4.69) is 23.2 Å². The largest absolute Gasteiger partial charge is 0.396 e. The maximum Gasteiger partial charge on any atom is 0.110 e. The van der Waals surface area contributed by atoms with E-state index in [-0.39, 0.29) is 6.61 Å². The van der Waals surface area contributed by atoms with E-state index in [1.165, 1.54) is 43.5 Å². The van der Waals surface area contributed by atoms with Gasteiger partial charge in [0.25, 0.3) is 0 Å². The minimum atomic E-state index is 0.258. The zero-order valence-electron chi connectivity index (χ0n) is 11.4. The first kappa shape index (κ1) is 12.7. The molecule has 3 heteroatoms. The average Bonchev–Trinajstić information content (AvgIpc) is 2.89. The van der Waals surface area contributed by atoms with Crippen molar-refractivity contribution in [2.24, 2.45) is 0 Å². The van der Waals surface area contributed by atoms with Crippen molar-refractivity contribution in [2.45, 2.75) is 50.9 Å². The standard InChI is InChI=1S/C16H22N2O/c19-10-4-5-12-8-9-14-15(11-12)18-16(17-14)13-6-2-1-3-7-13/h8-9,11,13,19H,1-7,10H2,(H,17,18). The lowest BCUT2D eigenvalue weighted by molar-refractivity contribution is 0.288. The molecule has 1 saturated carbocycles. The first-order chi connectivity index (χ1) is 9.36. The van der Waals surface area contributed by atoms with E-state index in [1.807, 2.05) is 0 Å². The van der Waals surface area contributed by atoms with Crippen LogP contribution in [0.5, 0.6) is 0 Å². The number of rotatable bonds is 4. The van der Waals surface area contributed by atoms with Gasteiger partial charge in [0.2, 0.25) is 0 Å². The summed E-state index contributed by atoms with van der Waals surface area (Å²) in [5, 5.41) is 8.89. The Bertz CT molecular complexity index is 541. The Morgan fingerprint density at radius 2 is 2.05 bits per heavy atom. The van der Waals surface area contributed by atoms with Crippen LogP contribution in [0.4, 0.5) is 0 Å². The predicted molar refractivity (Wildman–Crippen MR) is 77.3 cm³/mol. The highest BCUT2D eigenvalue weighted by molar-refractivity contribution is 5.76. The van der Waals surface area contributed by atoms with E-state index in [4.69, 9.17) is 10.1 Å². The number of nitrogens with zero attached hydrogens (tertiary/aromatic N) is 1. The number of hydrogen-bond donors (Lipinski definition) is 2. The summed E-state index contributed by atoms with van der Waals surface area (Å²) >= 11 is 0. The molecule has 1 aromatic carbocycles. The van der Waals surface area contributed by atoms with Crippen molar-refractivity contribution in [2.75, 3.05) is 6.61 Å². The number of aliphatic hydroxyl groups is 1. The molecular weight excluding hydrogens is 236 g/mol. The van der Waals surface area contributed by atoms with Crippen molar-refractivity contribution in [3.8, 4) is 0 Å². The Labute approximate surface area is 114 Å². The number of fused-ring (bicyclic) bond motifs is 1. The molecule has 0 saturated heterocycles. The summed E-state index contributed by atoms with van der Waals surface area (Å²) in [6.45, 7) is 0.258. The highest BCUT2D eigenvalue weighted by atomic mass is 16.2. The van der Waals surface area contributed by atoms with Crippen molar-refractivity contribution >= 4 is 11.0 Å². The van der Waals surface area contributed by atoms with Gasteiger partial charge in [0, 0.05) is 12.5 Å². The molecule has 3 rings (SSSR count). The molecule has 1 aromatic heterocycles. The second kappa shape index (κ2) is 5.74. The van der Waals surface area contributed by atoms with Gasteiger partial charge in [-0.25, -0.2) is 4.98 Å².